The van der Waals surface area contributed by atoms with E-state index in [1.54, 1.807) is 12.1 Å². The summed E-state index contributed by atoms with van der Waals surface area (Å²) in [6.45, 7) is 7.99. The van der Waals surface area contributed by atoms with Crippen LogP contribution in [0, 0.1) is 5.82 Å². The van der Waals surface area contributed by atoms with Gasteiger partial charge < -0.3 is 19.4 Å². The lowest BCUT2D eigenvalue weighted by Gasteiger charge is -2.32. The average Bonchev–Trinajstić information content (AvgIpc) is 2.90. The lowest BCUT2D eigenvalue weighted by molar-refractivity contribution is 0.00578. The molecule has 31 heavy (non-hydrogen) atoms. The van der Waals surface area contributed by atoms with Crippen LogP contribution in [0.3, 0.4) is 0 Å². The van der Waals surface area contributed by atoms with Gasteiger partial charge in [-0.3, -0.25) is 0 Å². The molecule has 1 aliphatic heterocycles. The van der Waals surface area contributed by atoms with E-state index in [-0.39, 0.29) is 18.2 Å². The number of ether oxygens (including phenoxy) is 1. The number of nitrogens with one attached hydrogen (secondary N) is 1. The highest BCUT2D eigenvalue weighted by Gasteiger charge is 2.52. The van der Waals surface area contributed by atoms with E-state index in [0.29, 0.717) is 11.0 Å². The van der Waals surface area contributed by atoms with Crippen LogP contribution in [0.15, 0.2) is 54.0 Å². The maximum Gasteiger partial charge on any atom is 0.492 e. The maximum absolute atomic E-state index is 13.8. The van der Waals surface area contributed by atoms with Crippen molar-refractivity contribution in [1.82, 2.24) is 5.32 Å². The van der Waals surface area contributed by atoms with Gasteiger partial charge in [0, 0.05) is 11.6 Å². The Bertz CT molecular complexity index is 929. The van der Waals surface area contributed by atoms with Crippen LogP contribution in [-0.4, -0.2) is 31.0 Å². The number of alkyl carbamates (subject to hydrolysis) is 1. The third-order valence-corrected chi connectivity index (χ3v) is 5.66. The van der Waals surface area contributed by atoms with E-state index < -0.39 is 30.2 Å². The van der Waals surface area contributed by atoms with Crippen molar-refractivity contribution in [2.24, 2.45) is 0 Å². The zero-order valence-electron chi connectivity index (χ0n) is 18.1. The summed E-state index contributed by atoms with van der Waals surface area (Å²) in [4.78, 5) is 12.2. The molecule has 1 fully saturated rings. The Labute approximate surface area is 187 Å². The standard InChI is InChI=1S/C23H26BClFNO4/c1-22(2)23(3,4)31-24(30-22)18(10-17-11-19(25)13-20(26)12-17)14-27-21(28)29-15-16-8-6-5-7-9-16/h5-13H,14-15H2,1-4H3,(H,27,28). The van der Waals surface area contributed by atoms with Crippen molar-refractivity contribution in [2.45, 2.75) is 45.5 Å². The van der Waals surface area contributed by atoms with Crippen LogP contribution in [0.5, 0.6) is 0 Å². The van der Waals surface area contributed by atoms with Crippen LogP contribution in [0.25, 0.3) is 6.08 Å². The van der Waals surface area contributed by atoms with Crippen molar-refractivity contribution in [2.75, 3.05) is 6.54 Å². The molecule has 2 aromatic carbocycles. The first-order valence-corrected chi connectivity index (χ1v) is 10.4. The quantitative estimate of drug-likeness (QED) is 0.603. The van der Waals surface area contributed by atoms with Gasteiger partial charge in [-0.1, -0.05) is 48.0 Å². The summed E-state index contributed by atoms with van der Waals surface area (Å²) >= 11 is 5.99. The van der Waals surface area contributed by atoms with E-state index in [4.69, 9.17) is 25.6 Å². The second-order valence-corrected chi connectivity index (χ2v) is 8.86. The first-order chi connectivity index (χ1) is 14.6. The van der Waals surface area contributed by atoms with Crippen molar-refractivity contribution in [3.63, 3.8) is 0 Å². The van der Waals surface area contributed by atoms with E-state index in [9.17, 15) is 9.18 Å². The van der Waals surface area contributed by atoms with E-state index in [2.05, 4.69) is 5.32 Å². The second kappa shape index (κ2) is 9.43. The first kappa shape index (κ1) is 23.3. The summed E-state index contributed by atoms with van der Waals surface area (Å²) in [5.41, 5.74) is 0.897. The van der Waals surface area contributed by atoms with Crippen LogP contribution in [0.4, 0.5) is 9.18 Å². The molecule has 0 saturated carbocycles. The van der Waals surface area contributed by atoms with Gasteiger partial charge in [-0.2, -0.15) is 0 Å². The van der Waals surface area contributed by atoms with Crippen LogP contribution in [-0.2, 0) is 20.7 Å². The molecule has 0 aromatic heterocycles. The zero-order valence-corrected chi connectivity index (χ0v) is 18.8. The van der Waals surface area contributed by atoms with E-state index >= 15 is 0 Å². The van der Waals surface area contributed by atoms with Crippen LogP contribution < -0.4 is 5.32 Å². The highest BCUT2D eigenvalue weighted by Crippen LogP contribution is 2.38. The summed E-state index contributed by atoms with van der Waals surface area (Å²) in [5.74, 6) is -0.456. The summed E-state index contributed by atoms with van der Waals surface area (Å²) in [7, 11) is -0.721. The minimum atomic E-state index is -0.721. The number of amides is 1. The Hall–Kier alpha value is -2.35. The second-order valence-electron chi connectivity index (χ2n) is 8.43. The fourth-order valence-corrected chi connectivity index (χ4v) is 3.25. The average molecular weight is 446 g/mol. The molecule has 164 valence electrons. The minimum Gasteiger partial charge on any atom is -0.445 e. The smallest absolute Gasteiger partial charge is 0.445 e. The molecule has 1 amide bonds. The number of hydrogen-bond donors (Lipinski definition) is 1. The van der Waals surface area contributed by atoms with Crippen LogP contribution >= 0.6 is 11.6 Å². The van der Waals surface area contributed by atoms with E-state index in [1.807, 2.05) is 58.0 Å². The van der Waals surface area contributed by atoms with Gasteiger partial charge in [-0.05, 0) is 62.5 Å². The molecule has 8 heteroatoms. The third-order valence-electron chi connectivity index (χ3n) is 5.44. The molecule has 1 N–H and O–H groups in total. The van der Waals surface area contributed by atoms with Crippen LogP contribution in [0.1, 0.15) is 38.8 Å². The third kappa shape index (κ3) is 6.09. The fraction of sp³-hybridized carbons (Fsp3) is 0.348. The molecule has 5 nitrogen and oxygen atoms in total. The van der Waals surface area contributed by atoms with E-state index in [1.165, 1.54) is 12.1 Å². The number of carbonyl (C=O) groups excluding carboxylic acids is 1. The summed E-state index contributed by atoms with van der Waals surface area (Å²) in [6, 6.07) is 13.6. The van der Waals surface area contributed by atoms with Crippen molar-refractivity contribution in [1.29, 1.82) is 0 Å². The predicted octanol–water partition coefficient (Wildman–Crippen LogP) is 5.42. The highest BCUT2D eigenvalue weighted by molar-refractivity contribution is 6.56. The van der Waals surface area contributed by atoms with Gasteiger partial charge in [0.25, 0.3) is 0 Å². The summed E-state index contributed by atoms with van der Waals surface area (Å²) in [5, 5.41) is 2.99. The molecule has 1 saturated heterocycles. The van der Waals surface area contributed by atoms with Gasteiger partial charge in [0.1, 0.15) is 12.4 Å². The maximum atomic E-state index is 13.8. The van der Waals surface area contributed by atoms with Gasteiger partial charge >= 0.3 is 13.2 Å². The molecule has 1 heterocycles. The molecule has 0 atom stereocenters. The molecule has 0 aliphatic carbocycles. The Kier molecular flexibility index (Phi) is 7.09. The lowest BCUT2D eigenvalue weighted by Crippen LogP contribution is -2.41. The first-order valence-electron chi connectivity index (χ1n) is 10.0. The Morgan fingerprint density at radius 2 is 1.77 bits per heavy atom. The van der Waals surface area contributed by atoms with Crippen molar-refractivity contribution >= 4 is 30.9 Å². The summed E-state index contributed by atoms with van der Waals surface area (Å²) < 4.78 is 31.3. The Morgan fingerprint density at radius 1 is 1.13 bits per heavy atom. The molecule has 0 bridgehead atoms. The number of carbonyl (C=O) groups is 1. The minimum absolute atomic E-state index is 0.0958. The molecule has 0 radical (unpaired) electrons. The SMILES string of the molecule is CC1(C)OB(C(=Cc2cc(F)cc(Cl)c2)CNC(=O)OCc2ccccc2)OC1(C)C. The van der Waals surface area contributed by atoms with Gasteiger partial charge in [0.05, 0.1) is 11.2 Å². The largest absolute Gasteiger partial charge is 0.492 e. The van der Waals surface area contributed by atoms with Crippen molar-refractivity contribution in [3.8, 4) is 0 Å². The van der Waals surface area contributed by atoms with Crippen molar-refractivity contribution < 1.29 is 23.2 Å². The summed E-state index contributed by atoms with van der Waals surface area (Å²) in [6.07, 6.45) is 1.12. The highest BCUT2D eigenvalue weighted by atomic mass is 35.5. The molecule has 3 rings (SSSR count). The molecular weight excluding hydrogens is 420 g/mol. The van der Waals surface area contributed by atoms with Gasteiger partial charge in [-0.25, -0.2) is 9.18 Å². The lowest BCUT2D eigenvalue weighted by atomic mass is 9.77. The molecule has 2 aromatic rings. The van der Waals surface area contributed by atoms with Gasteiger partial charge in [0.15, 0.2) is 0 Å². The molecular formula is C23H26BClFNO4. The Balaban J connectivity index is 1.74. The number of halogens is 2. The number of benzene rings is 2. The van der Waals surface area contributed by atoms with Crippen molar-refractivity contribution in [3.05, 3.63) is 76.0 Å². The fourth-order valence-electron chi connectivity index (χ4n) is 3.02. The topological polar surface area (TPSA) is 56.8 Å². The molecule has 0 unspecified atom stereocenters. The number of hydrogen-bond acceptors (Lipinski definition) is 4. The molecule has 1 aliphatic rings. The monoisotopic (exact) mass is 445 g/mol. The van der Waals surface area contributed by atoms with Gasteiger partial charge in [0.2, 0.25) is 0 Å². The zero-order chi connectivity index (χ0) is 22.6. The van der Waals surface area contributed by atoms with Crippen LogP contribution in [0.2, 0.25) is 5.02 Å². The predicted molar refractivity (Wildman–Crippen MR) is 120 cm³/mol. The Morgan fingerprint density at radius 3 is 2.39 bits per heavy atom. The van der Waals surface area contributed by atoms with Gasteiger partial charge in [-0.15, -0.1) is 0 Å². The normalized spacial score (nSPS) is 17.5. The molecule has 0 spiro atoms. The van der Waals surface area contributed by atoms with E-state index in [0.717, 1.165) is 5.56 Å². The number of rotatable bonds is 6.